The molecular formula is C12H7Cl3N2O2. The van der Waals surface area contributed by atoms with Gasteiger partial charge in [-0.25, -0.2) is 0 Å². The number of hydrogen-bond acceptors (Lipinski definition) is 3. The van der Waals surface area contributed by atoms with E-state index in [0.29, 0.717) is 15.7 Å². The normalized spacial score (nSPS) is 10.3. The molecule has 7 heteroatoms. The molecule has 0 radical (unpaired) electrons. The lowest BCUT2D eigenvalue weighted by Crippen LogP contribution is -1.98. The van der Waals surface area contributed by atoms with E-state index in [-0.39, 0.29) is 16.4 Å². The topological polar surface area (TPSA) is 55.2 Å². The minimum atomic E-state index is -0.552. The van der Waals surface area contributed by atoms with Crippen molar-refractivity contribution in [2.75, 3.05) is 5.32 Å². The van der Waals surface area contributed by atoms with Gasteiger partial charge in [0.25, 0.3) is 0 Å². The zero-order valence-electron chi connectivity index (χ0n) is 9.36. The Kier molecular flexibility index (Phi) is 4.14. The van der Waals surface area contributed by atoms with Gasteiger partial charge in [0.1, 0.15) is 10.7 Å². The number of halogens is 3. The van der Waals surface area contributed by atoms with Crippen LogP contribution < -0.4 is 5.32 Å². The van der Waals surface area contributed by atoms with Crippen molar-refractivity contribution in [1.82, 2.24) is 0 Å². The van der Waals surface area contributed by atoms with E-state index in [4.69, 9.17) is 34.8 Å². The fourth-order valence-electron chi connectivity index (χ4n) is 1.55. The molecule has 0 amide bonds. The number of rotatable bonds is 3. The molecule has 0 aromatic heterocycles. The highest BCUT2D eigenvalue weighted by atomic mass is 35.5. The molecule has 1 N–H and O–H groups in total. The lowest BCUT2D eigenvalue weighted by atomic mass is 10.2. The highest BCUT2D eigenvalue weighted by Gasteiger charge is 2.19. The highest BCUT2D eigenvalue weighted by Crippen LogP contribution is 2.37. The van der Waals surface area contributed by atoms with Gasteiger partial charge in [0.2, 0.25) is 0 Å². The fraction of sp³-hybridized carbons (Fsp3) is 0. The lowest BCUT2D eigenvalue weighted by molar-refractivity contribution is -0.383. The molecule has 0 saturated carbocycles. The van der Waals surface area contributed by atoms with Crippen LogP contribution in [0.3, 0.4) is 0 Å². The molecule has 19 heavy (non-hydrogen) atoms. The van der Waals surface area contributed by atoms with Gasteiger partial charge in [-0.05, 0) is 24.3 Å². The van der Waals surface area contributed by atoms with Gasteiger partial charge in [0.15, 0.2) is 0 Å². The number of nitro groups is 1. The molecule has 2 aromatic carbocycles. The maximum absolute atomic E-state index is 11.0. The summed E-state index contributed by atoms with van der Waals surface area (Å²) in [7, 11) is 0. The third-order valence-electron chi connectivity index (χ3n) is 2.39. The van der Waals surface area contributed by atoms with Crippen molar-refractivity contribution in [2.45, 2.75) is 0 Å². The van der Waals surface area contributed by atoms with Gasteiger partial charge in [-0.2, -0.15) is 0 Å². The molecule has 4 nitrogen and oxygen atoms in total. The molecule has 0 aliphatic rings. The molecule has 0 aliphatic heterocycles. The Bertz CT molecular complexity index is 647. The Labute approximate surface area is 124 Å². The second-order valence-electron chi connectivity index (χ2n) is 3.62. The maximum Gasteiger partial charge on any atom is 0.311 e. The van der Waals surface area contributed by atoms with E-state index >= 15 is 0 Å². The summed E-state index contributed by atoms with van der Waals surface area (Å²) in [5, 5.41) is 14.6. The van der Waals surface area contributed by atoms with Crippen LogP contribution in [0.5, 0.6) is 0 Å². The Balaban J connectivity index is 2.47. The van der Waals surface area contributed by atoms with Crippen LogP contribution in [0.25, 0.3) is 0 Å². The Morgan fingerprint density at radius 1 is 0.947 bits per heavy atom. The summed E-state index contributed by atoms with van der Waals surface area (Å²) in [6, 6.07) is 9.58. The summed E-state index contributed by atoms with van der Waals surface area (Å²) in [5.74, 6) is 0. The number of nitro benzene ring substituents is 1. The molecule has 2 aromatic rings. The van der Waals surface area contributed by atoms with Crippen molar-refractivity contribution in [3.8, 4) is 0 Å². The van der Waals surface area contributed by atoms with Gasteiger partial charge in [-0.15, -0.1) is 0 Å². The first kappa shape index (κ1) is 13.9. The molecular weight excluding hydrogens is 311 g/mol. The van der Waals surface area contributed by atoms with Crippen LogP contribution in [0.1, 0.15) is 0 Å². The number of anilines is 2. The maximum atomic E-state index is 11.0. The quantitative estimate of drug-likeness (QED) is 0.617. The van der Waals surface area contributed by atoms with Gasteiger partial charge in [-0.3, -0.25) is 10.1 Å². The molecule has 0 spiro atoms. The van der Waals surface area contributed by atoms with E-state index in [9.17, 15) is 10.1 Å². The van der Waals surface area contributed by atoms with E-state index in [1.165, 1.54) is 6.07 Å². The standard InChI is InChI=1S/C12H7Cl3N2O2/c13-7-3-1-5-9(11(7)15)16-10-6-2-4-8(14)12(10)17(18)19/h1-6,16H. The van der Waals surface area contributed by atoms with Crippen molar-refractivity contribution in [3.63, 3.8) is 0 Å². The number of hydrogen-bond donors (Lipinski definition) is 1. The summed E-state index contributed by atoms with van der Waals surface area (Å²) in [4.78, 5) is 10.5. The second kappa shape index (κ2) is 5.65. The monoisotopic (exact) mass is 316 g/mol. The molecule has 0 aliphatic carbocycles. The van der Waals surface area contributed by atoms with Crippen LogP contribution in [-0.2, 0) is 0 Å². The third-order valence-corrected chi connectivity index (χ3v) is 3.51. The average molecular weight is 318 g/mol. The second-order valence-corrected chi connectivity index (χ2v) is 4.81. The van der Waals surface area contributed by atoms with Gasteiger partial charge in [-0.1, -0.05) is 46.9 Å². The zero-order valence-corrected chi connectivity index (χ0v) is 11.6. The molecule has 0 unspecified atom stereocenters. The SMILES string of the molecule is O=[N+]([O-])c1c(Cl)cccc1Nc1cccc(Cl)c1Cl. The Morgan fingerprint density at radius 3 is 2.16 bits per heavy atom. The average Bonchev–Trinajstić information content (AvgIpc) is 2.34. The zero-order chi connectivity index (χ0) is 14.0. The molecule has 0 bridgehead atoms. The molecule has 98 valence electrons. The first-order chi connectivity index (χ1) is 9.00. The van der Waals surface area contributed by atoms with Crippen LogP contribution in [0.4, 0.5) is 17.1 Å². The summed E-state index contributed by atoms with van der Waals surface area (Å²) in [5.41, 5.74) is 0.515. The molecule has 0 heterocycles. The van der Waals surface area contributed by atoms with E-state index < -0.39 is 4.92 Å². The van der Waals surface area contributed by atoms with E-state index in [2.05, 4.69) is 5.32 Å². The van der Waals surface area contributed by atoms with Gasteiger partial charge < -0.3 is 5.32 Å². The molecule has 0 saturated heterocycles. The predicted molar refractivity (Wildman–Crippen MR) is 77.9 cm³/mol. The molecule has 0 atom stereocenters. The number of benzene rings is 2. The highest BCUT2D eigenvalue weighted by molar-refractivity contribution is 6.43. The van der Waals surface area contributed by atoms with Crippen LogP contribution in [0.2, 0.25) is 15.1 Å². The van der Waals surface area contributed by atoms with Crippen molar-refractivity contribution < 1.29 is 4.92 Å². The van der Waals surface area contributed by atoms with Gasteiger partial charge in [0.05, 0.1) is 20.7 Å². The summed E-state index contributed by atoms with van der Waals surface area (Å²) in [6.45, 7) is 0. The number of para-hydroxylation sites is 1. The smallest absolute Gasteiger partial charge is 0.311 e. The molecule has 0 fully saturated rings. The predicted octanol–water partition coefficient (Wildman–Crippen LogP) is 5.30. The van der Waals surface area contributed by atoms with Crippen LogP contribution >= 0.6 is 34.8 Å². The van der Waals surface area contributed by atoms with Crippen LogP contribution in [0.15, 0.2) is 36.4 Å². The van der Waals surface area contributed by atoms with Gasteiger partial charge >= 0.3 is 5.69 Å². The summed E-state index contributed by atoms with van der Waals surface area (Å²) < 4.78 is 0. The summed E-state index contributed by atoms with van der Waals surface area (Å²) in [6.07, 6.45) is 0. The number of nitrogens with one attached hydrogen (secondary N) is 1. The van der Waals surface area contributed by atoms with E-state index in [1.54, 1.807) is 30.3 Å². The van der Waals surface area contributed by atoms with Crippen molar-refractivity contribution in [1.29, 1.82) is 0 Å². The Morgan fingerprint density at radius 2 is 1.53 bits per heavy atom. The lowest BCUT2D eigenvalue weighted by Gasteiger charge is -2.10. The molecule has 2 rings (SSSR count). The van der Waals surface area contributed by atoms with Crippen LogP contribution in [-0.4, -0.2) is 4.92 Å². The van der Waals surface area contributed by atoms with Gasteiger partial charge in [0, 0.05) is 0 Å². The fourth-order valence-corrected chi connectivity index (χ4v) is 2.14. The Hall–Kier alpha value is -1.49. The minimum Gasteiger partial charge on any atom is -0.349 e. The van der Waals surface area contributed by atoms with Crippen molar-refractivity contribution in [3.05, 3.63) is 61.6 Å². The van der Waals surface area contributed by atoms with E-state index in [0.717, 1.165) is 0 Å². The first-order valence-electron chi connectivity index (χ1n) is 5.14. The number of nitrogens with zero attached hydrogens (tertiary/aromatic N) is 1. The van der Waals surface area contributed by atoms with Crippen molar-refractivity contribution >= 4 is 51.9 Å². The first-order valence-corrected chi connectivity index (χ1v) is 6.28. The largest absolute Gasteiger partial charge is 0.349 e. The van der Waals surface area contributed by atoms with Crippen LogP contribution in [0, 0.1) is 10.1 Å². The summed E-state index contributed by atoms with van der Waals surface area (Å²) >= 11 is 17.7. The minimum absolute atomic E-state index is 0.0492. The van der Waals surface area contributed by atoms with E-state index in [1.807, 2.05) is 0 Å². The third kappa shape index (κ3) is 2.92. The van der Waals surface area contributed by atoms with Crippen molar-refractivity contribution in [2.24, 2.45) is 0 Å².